The molecule has 0 spiro atoms. The number of hydrogen-bond acceptors (Lipinski definition) is 4. The van der Waals surface area contributed by atoms with Gasteiger partial charge in [0.05, 0.1) is 16.3 Å². The number of aromatic nitrogens is 1. The first-order valence-corrected chi connectivity index (χ1v) is 8.96. The van der Waals surface area contributed by atoms with Crippen LogP contribution in [0.1, 0.15) is 23.9 Å². The van der Waals surface area contributed by atoms with Gasteiger partial charge in [0.1, 0.15) is 10.8 Å². The first-order chi connectivity index (χ1) is 11.8. The Morgan fingerprint density at radius 3 is 2.79 bits per heavy atom. The molecule has 0 bridgehead atoms. The molecule has 1 aromatic heterocycles. The lowest BCUT2D eigenvalue weighted by Gasteiger charge is -2.23. The van der Waals surface area contributed by atoms with Gasteiger partial charge in [-0.3, -0.25) is 4.79 Å². The second-order valence-electron chi connectivity index (χ2n) is 5.87. The van der Waals surface area contributed by atoms with Gasteiger partial charge in [0.25, 0.3) is 5.91 Å². The molecule has 2 heterocycles. The quantitative estimate of drug-likeness (QED) is 0.721. The van der Waals surface area contributed by atoms with E-state index in [0.717, 1.165) is 35.7 Å². The molecule has 1 saturated heterocycles. The Morgan fingerprint density at radius 1 is 1.17 bits per heavy atom. The maximum absolute atomic E-state index is 12.6. The molecular formula is C19H18N2O2S. The Hall–Kier alpha value is -2.40. The molecule has 1 aliphatic rings. The molecule has 0 radical (unpaired) electrons. The van der Waals surface area contributed by atoms with Gasteiger partial charge in [0.2, 0.25) is 0 Å². The number of rotatable bonds is 4. The molecule has 3 aromatic rings. The van der Waals surface area contributed by atoms with Crippen molar-refractivity contribution < 1.29 is 9.53 Å². The summed E-state index contributed by atoms with van der Waals surface area (Å²) in [6.07, 6.45) is 1.98. The van der Waals surface area contributed by atoms with Crippen LogP contribution in [-0.4, -0.2) is 28.9 Å². The molecule has 1 amide bonds. The summed E-state index contributed by atoms with van der Waals surface area (Å²) >= 11 is 1.68. The van der Waals surface area contributed by atoms with Crippen molar-refractivity contribution in [3.8, 4) is 5.75 Å². The molecule has 5 heteroatoms. The maximum atomic E-state index is 12.6. The molecule has 122 valence electrons. The highest BCUT2D eigenvalue weighted by Gasteiger charge is 2.32. The van der Waals surface area contributed by atoms with E-state index >= 15 is 0 Å². The lowest BCUT2D eigenvalue weighted by atomic mass is 10.2. The molecule has 1 aliphatic heterocycles. The lowest BCUT2D eigenvalue weighted by Crippen LogP contribution is -2.34. The van der Waals surface area contributed by atoms with E-state index in [1.54, 1.807) is 11.3 Å². The largest absolute Gasteiger partial charge is 0.484 e. The number of thiazole rings is 1. The molecule has 0 saturated carbocycles. The third-order valence-electron chi connectivity index (χ3n) is 4.27. The molecule has 1 fully saturated rings. The first-order valence-electron chi connectivity index (χ1n) is 8.14. The second kappa shape index (κ2) is 6.61. The Kier molecular flexibility index (Phi) is 4.17. The van der Waals surface area contributed by atoms with Crippen LogP contribution in [0, 0.1) is 0 Å². The predicted molar refractivity (Wildman–Crippen MR) is 95.2 cm³/mol. The molecule has 2 aromatic carbocycles. The number of carbonyl (C=O) groups is 1. The fourth-order valence-electron chi connectivity index (χ4n) is 3.10. The second-order valence-corrected chi connectivity index (χ2v) is 6.93. The predicted octanol–water partition coefficient (Wildman–Crippen LogP) is 4.04. The smallest absolute Gasteiger partial charge is 0.261 e. The summed E-state index contributed by atoms with van der Waals surface area (Å²) in [6.45, 7) is 0.850. The van der Waals surface area contributed by atoms with Crippen molar-refractivity contribution in [3.05, 3.63) is 59.6 Å². The zero-order valence-corrected chi connectivity index (χ0v) is 14.0. The number of carbonyl (C=O) groups excluding carboxylic acids is 1. The average molecular weight is 338 g/mol. The Bertz CT molecular complexity index is 814. The van der Waals surface area contributed by atoms with Crippen molar-refractivity contribution >= 4 is 27.5 Å². The van der Waals surface area contributed by atoms with Crippen molar-refractivity contribution in [2.75, 3.05) is 13.2 Å². The highest BCUT2D eigenvalue weighted by molar-refractivity contribution is 7.18. The minimum absolute atomic E-state index is 0.0283. The number of hydrogen-bond donors (Lipinski definition) is 0. The summed E-state index contributed by atoms with van der Waals surface area (Å²) in [4.78, 5) is 19.2. The molecule has 4 nitrogen and oxygen atoms in total. The van der Waals surface area contributed by atoms with Crippen LogP contribution in [0.3, 0.4) is 0 Å². The fraction of sp³-hybridized carbons (Fsp3) is 0.263. The monoisotopic (exact) mass is 338 g/mol. The Labute approximate surface area is 144 Å². The van der Waals surface area contributed by atoms with Crippen LogP contribution in [-0.2, 0) is 4.79 Å². The van der Waals surface area contributed by atoms with E-state index in [-0.39, 0.29) is 18.6 Å². The van der Waals surface area contributed by atoms with E-state index in [2.05, 4.69) is 6.07 Å². The van der Waals surface area contributed by atoms with Crippen molar-refractivity contribution in [3.63, 3.8) is 0 Å². The molecule has 4 rings (SSSR count). The Balaban J connectivity index is 1.48. The molecule has 1 unspecified atom stereocenters. The van der Waals surface area contributed by atoms with Gasteiger partial charge in [-0.1, -0.05) is 30.3 Å². The van der Waals surface area contributed by atoms with Gasteiger partial charge < -0.3 is 9.64 Å². The third-order valence-corrected chi connectivity index (χ3v) is 5.41. The number of fused-ring (bicyclic) bond motifs is 1. The van der Waals surface area contributed by atoms with Crippen molar-refractivity contribution in [2.45, 2.75) is 18.9 Å². The summed E-state index contributed by atoms with van der Waals surface area (Å²) in [6, 6.07) is 17.7. The van der Waals surface area contributed by atoms with Crippen LogP contribution in [0.25, 0.3) is 10.2 Å². The van der Waals surface area contributed by atoms with E-state index in [1.807, 2.05) is 53.4 Å². The topological polar surface area (TPSA) is 42.4 Å². The highest BCUT2D eigenvalue weighted by Crippen LogP contribution is 2.36. The van der Waals surface area contributed by atoms with Crippen molar-refractivity contribution in [1.82, 2.24) is 9.88 Å². The molecule has 1 atom stereocenters. The van der Waals surface area contributed by atoms with Crippen LogP contribution >= 0.6 is 11.3 Å². The van der Waals surface area contributed by atoms with Crippen molar-refractivity contribution in [2.24, 2.45) is 0 Å². The lowest BCUT2D eigenvalue weighted by molar-refractivity contribution is -0.134. The maximum Gasteiger partial charge on any atom is 0.261 e. The number of amides is 1. The summed E-state index contributed by atoms with van der Waals surface area (Å²) in [5.41, 5.74) is 1.01. The normalized spacial score (nSPS) is 17.3. The zero-order chi connectivity index (χ0) is 16.4. The average Bonchev–Trinajstić information content (AvgIpc) is 3.26. The van der Waals surface area contributed by atoms with Gasteiger partial charge in [-0.25, -0.2) is 4.98 Å². The van der Waals surface area contributed by atoms with Crippen LogP contribution in [0.5, 0.6) is 5.75 Å². The first kappa shape index (κ1) is 15.1. The minimum Gasteiger partial charge on any atom is -0.484 e. The molecular weight excluding hydrogens is 320 g/mol. The van der Waals surface area contributed by atoms with Crippen LogP contribution in [0.15, 0.2) is 54.6 Å². The summed E-state index contributed by atoms with van der Waals surface area (Å²) in [7, 11) is 0. The number of nitrogens with zero attached hydrogens (tertiary/aromatic N) is 2. The van der Waals surface area contributed by atoms with Gasteiger partial charge in [-0.05, 0) is 37.1 Å². The van der Waals surface area contributed by atoms with Gasteiger partial charge in [-0.2, -0.15) is 0 Å². The summed E-state index contributed by atoms with van der Waals surface area (Å²) in [5, 5.41) is 1.03. The van der Waals surface area contributed by atoms with Crippen molar-refractivity contribution in [1.29, 1.82) is 0 Å². The third kappa shape index (κ3) is 2.99. The van der Waals surface area contributed by atoms with Crippen LogP contribution in [0.2, 0.25) is 0 Å². The van der Waals surface area contributed by atoms with Gasteiger partial charge in [-0.15, -0.1) is 11.3 Å². The molecule has 0 aliphatic carbocycles. The van der Waals surface area contributed by atoms with Crippen LogP contribution < -0.4 is 4.74 Å². The highest BCUT2D eigenvalue weighted by atomic mass is 32.1. The molecule has 24 heavy (non-hydrogen) atoms. The number of ether oxygens (including phenoxy) is 1. The van der Waals surface area contributed by atoms with Crippen LogP contribution in [0.4, 0.5) is 0 Å². The number of likely N-dealkylation sites (tertiary alicyclic amines) is 1. The van der Waals surface area contributed by atoms with E-state index in [4.69, 9.17) is 9.72 Å². The minimum atomic E-state index is 0.0283. The SMILES string of the molecule is O=C(COc1ccccc1)N1CCCC1c1nc2ccccc2s1. The van der Waals surface area contributed by atoms with Gasteiger partial charge >= 0.3 is 0 Å². The van der Waals surface area contributed by atoms with E-state index in [9.17, 15) is 4.79 Å². The summed E-state index contributed by atoms with van der Waals surface area (Å²) < 4.78 is 6.79. The standard InChI is InChI=1S/C19H18N2O2S/c22-18(13-23-14-7-2-1-3-8-14)21-12-6-10-16(21)19-20-15-9-4-5-11-17(15)24-19/h1-5,7-9,11,16H,6,10,12-13H2. The number of benzene rings is 2. The van der Waals surface area contributed by atoms with E-state index < -0.39 is 0 Å². The van der Waals surface area contributed by atoms with E-state index in [1.165, 1.54) is 4.70 Å². The van der Waals surface area contributed by atoms with E-state index in [0.29, 0.717) is 0 Å². The number of para-hydroxylation sites is 2. The Morgan fingerprint density at radius 2 is 1.96 bits per heavy atom. The van der Waals surface area contributed by atoms with Gasteiger partial charge in [0, 0.05) is 6.54 Å². The zero-order valence-electron chi connectivity index (χ0n) is 13.2. The fourth-order valence-corrected chi connectivity index (χ4v) is 4.21. The van der Waals surface area contributed by atoms with Gasteiger partial charge in [0.15, 0.2) is 6.61 Å². The molecule has 0 N–H and O–H groups in total. The summed E-state index contributed by atoms with van der Waals surface area (Å²) in [5.74, 6) is 0.752.